The third-order valence-corrected chi connectivity index (χ3v) is 5.32. The van der Waals surface area contributed by atoms with E-state index >= 15 is 0 Å². The molecule has 2 aromatic rings. The molecular weight excluding hydrogens is 353 g/mol. The monoisotopic (exact) mass is 371 g/mol. The fourth-order valence-corrected chi connectivity index (χ4v) is 4.02. The number of nitrogens with zero attached hydrogens (tertiary/aromatic N) is 1. The lowest BCUT2D eigenvalue weighted by Gasteiger charge is -2.33. The summed E-state index contributed by atoms with van der Waals surface area (Å²) in [6.07, 6.45) is 4.07. The average molecular weight is 372 g/mol. The first-order valence-corrected chi connectivity index (χ1v) is 9.15. The number of hydrogen-bond donors (Lipinski definition) is 0. The van der Waals surface area contributed by atoms with Gasteiger partial charge >= 0.3 is 6.09 Å². The molecule has 26 heavy (non-hydrogen) atoms. The Balaban J connectivity index is 1.50. The Morgan fingerprint density at radius 1 is 1.19 bits per heavy atom. The Kier molecular flexibility index (Phi) is 4.68. The fourth-order valence-electron chi connectivity index (χ4n) is 3.85. The lowest BCUT2D eigenvalue weighted by atomic mass is 9.94. The number of fused-ring (bicyclic) bond motifs is 2. The summed E-state index contributed by atoms with van der Waals surface area (Å²) in [5.41, 5.74) is 2.42. The minimum atomic E-state index is -0.303. The second kappa shape index (κ2) is 7.12. The second-order valence-electron chi connectivity index (χ2n) is 6.77. The first-order chi connectivity index (χ1) is 12.6. The SMILES string of the molecule is O=C(OCc1ccccc1)N1C2C=C(c3cc(Cl)ccc3F)CC1CC2. The molecule has 5 heteroatoms. The van der Waals surface area contributed by atoms with E-state index in [0.717, 1.165) is 24.0 Å². The van der Waals surface area contributed by atoms with Crippen LogP contribution in [0.15, 0.2) is 54.6 Å². The van der Waals surface area contributed by atoms with Crippen LogP contribution in [0.25, 0.3) is 5.57 Å². The lowest BCUT2D eigenvalue weighted by molar-refractivity contribution is 0.0832. The largest absolute Gasteiger partial charge is 0.445 e. The van der Waals surface area contributed by atoms with Crippen molar-refractivity contribution >= 4 is 23.3 Å². The van der Waals surface area contributed by atoms with Crippen molar-refractivity contribution in [3.05, 3.63) is 76.6 Å². The Morgan fingerprint density at radius 3 is 2.77 bits per heavy atom. The standard InChI is InChI=1S/C21H19ClFNO2/c22-16-6-9-20(23)19(12-16)15-10-17-7-8-18(11-15)24(17)21(25)26-13-14-4-2-1-3-5-14/h1-6,9-10,12,17-18H,7-8,11,13H2. The van der Waals surface area contributed by atoms with Crippen LogP contribution in [-0.4, -0.2) is 23.1 Å². The summed E-state index contributed by atoms with van der Waals surface area (Å²) in [5.74, 6) is -0.278. The molecule has 134 valence electrons. The first-order valence-electron chi connectivity index (χ1n) is 8.77. The number of carbonyl (C=O) groups excluding carboxylic acids is 1. The number of rotatable bonds is 3. The first kappa shape index (κ1) is 17.1. The summed E-state index contributed by atoms with van der Waals surface area (Å²) in [5, 5.41) is 0.513. The van der Waals surface area contributed by atoms with Crippen molar-refractivity contribution in [1.82, 2.24) is 4.90 Å². The van der Waals surface area contributed by atoms with E-state index in [1.54, 1.807) is 17.0 Å². The van der Waals surface area contributed by atoms with Gasteiger partial charge in [0.25, 0.3) is 0 Å². The van der Waals surface area contributed by atoms with Gasteiger partial charge in [0.05, 0.1) is 6.04 Å². The number of hydrogen-bond acceptors (Lipinski definition) is 2. The molecule has 1 saturated heterocycles. The third kappa shape index (κ3) is 3.34. The smallest absolute Gasteiger partial charge is 0.410 e. The van der Waals surface area contributed by atoms with Gasteiger partial charge in [0.2, 0.25) is 0 Å². The average Bonchev–Trinajstić information content (AvgIpc) is 2.92. The number of halogens is 2. The molecule has 0 radical (unpaired) electrons. The van der Waals surface area contributed by atoms with Crippen LogP contribution in [0.4, 0.5) is 9.18 Å². The van der Waals surface area contributed by atoms with E-state index in [2.05, 4.69) is 0 Å². The van der Waals surface area contributed by atoms with E-state index in [-0.39, 0.29) is 30.6 Å². The van der Waals surface area contributed by atoms with Gasteiger partial charge in [-0.05, 0) is 48.6 Å². The third-order valence-electron chi connectivity index (χ3n) is 5.09. The van der Waals surface area contributed by atoms with E-state index in [0.29, 0.717) is 17.0 Å². The highest BCUT2D eigenvalue weighted by molar-refractivity contribution is 6.30. The summed E-state index contributed by atoms with van der Waals surface area (Å²) < 4.78 is 19.7. The van der Waals surface area contributed by atoms with Crippen molar-refractivity contribution in [2.75, 3.05) is 0 Å². The van der Waals surface area contributed by atoms with Gasteiger partial charge < -0.3 is 4.74 Å². The molecule has 0 aliphatic carbocycles. The maximum atomic E-state index is 14.2. The molecule has 2 bridgehead atoms. The predicted octanol–water partition coefficient (Wildman–Crippen LogP) is 5.44. The van der Waals surface area contributed by atoms with Gasteiger partial charge in [-0.25, -0.2) is 9.18 Å². The zero-order valence-corrected chi connectivity index (χ0v) is 15.0. The second-order valence-corrected chi connectivity index (χ2v) is 7.20. The highest BCUT2D eigenvalue weighted by Crippen LogP contribution is 2.40. The van der Waals surface area contributed by atoms with Crippen LogP contribution in [0.2, 0.25) is 5.02 Å². The van der Waals surface area contributed by atoms with Crippen molar-refractivity contribution in [3.63, 3.8) is 0 Å². The van der Waals surface area contributed by atoms with Crippen molar-refractivity contribution < 1.29 is 13.9 Å². The summed E-state index contributed by atoms with van der Waals surface area (Å²) in [6.45, 7) is 0.259. The molecule has 2 aliphatic rings. The predicted molar refractivity (Wildman–Crippen MR) is 99.3 cm³/mol. The number of ether oxygens (including phenoxy) is 1. The quantitative estimate of drug-likeness (QED) is 0.719. The van der Waals surface area contributed by atoms with Crippen LogP contribution in [-0.2, 0) is 11.3 Å². The summed E-state index contributed by atoms with van der Waals surface area (Å²) in [7, 11) is 0. The van der Waals surface area contributed by atoms with Crippen molar-refractivity contribution in [3.8, 4) is 0 Å². The van der Waals surface area contributed by atoms with E-state index in [1.165, 1.54) is 6.07 Å². The fraction of sp³-hybridized carbons (Fsp3) is 0.286. The van der Waals surface area contributed by atoms with Crippen molar-refractivity contribution in [2.45, 2.75) is 38.0 Å². The van der Waals surface area contributed by atoms with Gasteiger partial charge in [-0.1, -0.05) is 48.0 Å². The number of amides is 1. The van der Waals surface area contributed by atoms with Crippen LogP contribution < -0.4 is 0 Å². The highest BCUT2D eigenvalue weighted by Gasteiger charge is 2.41. The summed E-state index contributed by atoms with van der Waals surface area (Å²) in [6, 6.07) is 14.2. The molecule has 2 atom stereocenters. The molecule has 1 amide bonds. The Hall–Kier alpha value is -2.33. The minimum absolute atomic E-state index is 0.0432. The summed E-state index contributed by atoms with van der Waals surface area (Å²) in [4.78, 5) is 14.4. The molecule has 0 spiro atoms. The molecule has 2 unspecified atom stereocenters. The number of benzene rings is 2. The van der Waals surface area contributed by atoms with E-state index in [1.807, 2.05) is 36.4 Å². The molecule has 4 rings (SSSR count). The number of carbonyl (C=O) groups is 1. The molecular formula is C21H19ClFNO2. The van der Waals surface area contributed by atoms with Gasteiger partial charge in [0.15, 0.2) is 0 Å². The van der Waals surface area contributed by atoms with Crippen molar-refractivity contribution in [1.29, 1.82) is 0 Å². The van der Waals surface area contributed by atoms with Crippen LogP contribution in [0, 0.1) is 5.82 Å². The van der Waals surface area contributed by atoms with Crippen molar-refractivity contribution in [2.24, 2.45) is 0 Å². The molecule has 0 saturated carbocycles. The normalized spacial score (nSPS) is 21.5. The zero-order valence-electron chi connectivity index (χ0n) is 14.2. The van der Waals surface area contributed by atoms with Gasteiger partial charge in [0.1, 0.15) is 12.4 Å². The van der Waals surface area contributed by atoms with Gasteiger partial charge in [-0.2, -0.15) is 0 Å². The Morgan fingerprint density at radius 2 is 2.00 bits per heavy atom. The maximum Gasteiger partial charge on any atom is 0.410 e. The molecule has 0 aromatic heterocycles. The molecule has 0 N–H and O–H groups in total. The van der Waals surface area contributed by atoms with E-state index in [9.17, 15) is 9.18 Å². The van der Waals surface area contributed by atoms with E-state index in [4.69, 9.17) is 16.3 Å². The molecule has 1 fully saturated rings. The Bertz CT molecular complexity index is 852. The van der Waals surface area contributed by atoms with Gasteiger partial charge in [-0.3, -0.25) is 4.90 Å². The lowest BCUT2D eigenvalue weighted by Crippen LogP contribution is -2.43. The summed E-state index contributed by atoms with van der Waals surface area (Å²) >= 11 is 6.02. The maximum absolute atomic E-state index is 14.2. The highest BCUT2D eigenvalue weighted by atomic mass is 35.5. The van der Waals surface area contributed by atoms with Gasteiger partial charge in [-0.15, -0.1) is 0 Å². The van der Waals surface area contributed by atoms with Gasteiger partial charge in [0, 0.05) is 16.6 Å². The topological polar surface area (TPSA) is 29.5 Å². The van der Waals surface area contributed by atoms with Crippen LogP contribution >= 0.6 is 11.6 Å². The van der Waals surface area contributed by atoms with Crippen LogP contribution in [0.3, 0.4) is 0 Å². The molecule has 3 nitrogen and oxygen atoms in total. The molecule has 2 aliphatic heterocycles. The van der Waals surface area contributed by atoms with Crippen LogP contribution in [0.1, 0.15) is 30.4 Å². The molecule has 2 heterocycles. The zero-order chi connectivity index (χ0) is 18.1. The minimum Gasteiger partial charge on any atom is -0.445 e. The Labute approximate surface area is 157 Å². The van der Waals surface area contributed by atoms with Crippen LogP contribution in [0.5, 0.6) is 0 Å². The van der Waals surface area contributed by atoms with E-state index < -0.39 is 0 Å². The molecule has 2 aromatic carbocycles.